The van der Waals surface area contributed by atoms with E-state index in [1.807, 2.05) is 0 Å². The van der Waals surface area contributed by atoms with Gasteiger partial charge in [0.25, 0.3) is 0 Å². The van der Waals surface area contributed by atoms with Crippen molar-refractivity contribution in [2.45, 2.75) is 24.7 Å². The van der Waals surface area contributed by atoms with Gasteiger partial charge in [-0.05, 0) is 205 Å². The Bertz CT molecular complexity index is 4150. The summed E-state index contributed by atoms with van der Waals surface area (Å²) in [5.74, 6) is 0. The highest BCUT2D eigenvalue weighted by atomic mass is 14.5. The number of rotatable bonds is 10. The van der Waals surface area contributed by atoms with Crippen LogP contribution in [0.1, 0.15) is 47.2 Å². The summed E-state index contributed by atoms with van der Waals surface area (Å²) in [6, 6.07) is 118. The molecule has 13 aromatic rings. The molecule has 0 saturated carbocycles. The molecule has 0 heterocycles. The Morgan fingerprint density at radius 3 is 0.805 bits per heavy atom. The predicted molar refractivity (Wildman–Crippen MR) is 345 cm³/mol. The lowest BCUT2D eigenvalue weighted by molar-refractivity contribution is 0.659. The van der Waals surface area contributed by atoms with Crippen molar-refractivity contribution in [3.05, 3.63) is 349 Å². The summed E-state index contributed by atoms with van der Waals surface area (Å²) in [6.45, 7) is 4.81. The van der Waals surface area contributed by atoms with Crippen LogP contribution in [0.4, 0.5) is 0 Å². The van der Waals surface area contributed by atoms with E-state index in [4.69, 9.17) is 0 Å². The molecule has 15 rings (SSSR count). The van der Waals surface area contributed by atoms with Gasteiger partial charge in [0, 0.05) is 5.41 Å². The predicted octanol–water partition coefficient (Wildman–Crippen LogP) is 21.7. The van der Waals surface area contributed by atoms with Gasteiger partial charge in [-0.15, -0.1) is 0 Å². The number of benzene rings is 13. The molecule has 0 unspecified atom stereocenters. The highest BCUT2D eigenvalue weighted by Crippen LogP contribution is 2.63. The molecular formula is C82H58. The molecule has 13 aromatic carbocycles. The maximum absolute atomic E-state index is 2.53. The summed E-state index contributed by atoms with van der Waals surface area (Å²) >= 11 is 0. The third kappa shape index (κ3) is 8.21. The zero-order valence-corrected chi connectivity index (χ0v) is 46.0. The van der Waals surface area contributed by atoms with Gasteiger partial charge in [-0.25, -0.2) is 0 Å². The SMILES string of the molecule is CC1(C)c2ccccc2-c2c1ccc1c2-c2ccccc2C1(c1cc(-c2cccc(-c3ccccc3)c2)cc(-c2cccc(-c3ccccc3)c2)c1)c1cc(-c2cccc(-c3ccccc3)c2)cc(-c2cccc(-c3ccccc3)c2)c1. The molecule has 0 N–H and O–H groups in total. The van der Waals surface area contributed by atoms with Crippen molar-refractivity contribution in [3.8, 4) is 111 Å². The second-order valence-electron chi connectivity index (χ2n) is 22.8. The van der Waals surface area contributed by atoms with E-state index in [-0.39, 0.29) is 5.41 Å². The van der Waals surface area contributed by atoms with E-state index in [2.05, 4.69) is 329 Å². The first-order chi connectivity index (χ1) is 40.4. The van der Waals surface area contributed by atoms with Crippen LogP contribution < -0.4 is 0 Å². The van der Waals surface area contributed by atoms with Crippen molar-refractivity contribution >= 4 is 0 Å². The summed E-state index contributed by atoms with van der Waals surface area (Å²) in [6.07, 6.45) is 0. The molecule has 0 atom stereocenters. The van der Waals surface area contributed by atoms with Crippen LogP contribution in [0.2, 0.25) is 0 Å². The molecule has 0 saturated heterocycles. The summed E-state index contributed by atoms with van der Waals surface area (Å²) in [5, 5.41) is 0. The first-order valence-electron chi connectivity index (χ1n) is 28.7. The summed E-state index contributed by atoms with van der Waals surface area (Å²) < 4.78 is 0. The Hall–Kier alpha value is -10.1. The maximum Gasteiger partial charge on any atom is 0.0714 e. The Morgan fingerprint density at radius 2 is 0.439 bits per heavy atom. The minimum atomic E-state index is -0.819. The molecule has 0 aromatic heterocycles. The van der Waals surface area contributed by atoms with Crippen molar-refractivity contribution in [2.24, 2.45) is 0 Å². The molecule has 0 nitrogen and oxygen atoms in total. The van der Waals surface area contributed by atoms with E-state index in [0.29, 0.717) is 0 Å². The molecule has 386 valence electrons. The van der Waals surface area contributed by atoms with E-state index in [1.54, 1.807) is 0 Å². The molecule has 0 amide bonds. The van der Waals surface area contributed by atoms with Crippen LogP contribution in [0.5, 0.6) is 0 Å². The van der Waals surface area contributed by atoms with Gasteiger partial charge in [0.1, 0.15) is 0 Å². The summed E-state index contributed by atoms with van der Waals surface area (Å²) in [4.78, 5) is 0. The van der Waals surface area contributed by atoms with Gasteiger partial charge in [-0.3, -0.25) is 0 Å². The molecule has 2 aliphatic rings. The molecule has 2 aliphatic carbocycles. The van der Waals surface area contributed by atoms with Gasteiger partial charge in [-0.1, -0.05) is 269 Å². The zero-order chi connectivity index (χ0) is 54.8. The van der Waals surface area contributed by atoms with E-state index in [0.717, 1.165) is 22.3 Å². The monoisotopic (exact) mass is 1040 g/mol. The lowest BCUT2D eigenvalue weighted by Gasteiger charge is -2.36. The van der Waals surface area contributed by atoms with Crippen LogP contribution in [-0.4, -0.2) is 0 Å². The fourth-order valence-corrected chi connectivity index (χ4v) is 13.7. The van der Waals surface area contributed by atoms with E-state index in [1.165, 1.54) is 122 Å². The Morgan fingerprint density at radius 1 is 0.183 bits per heavy atom. The van der Waals surface area contributed by atoms with Crippen molar-refractivity contribution in [1.29, 1.82) is 0 Å². The van der Waals surface area contributed by atoms with Gasteiger partial charge >= 0.3 is 0 Å². The molecule has 0 aliphatic heterocycles. The van der Waals surface area contributed by atoms with Gasteiger partial charge in [0.05, 0.1) is 5.41 Å². The van der Waals surface area contributed by atoms with Crippen LogP contribution in [0.15, 0.2) is 315 Å². The third-order valence-corrected chi connectivity index (χ3v) is 17.7. The van der Waals surface area contributed by atoms with Crippen LogP contribution in [0.3, 0.4) is 0 Å². The van der Waals surface area contributed by atoms with E-state index >= 15 is 0 Å². The van der Waals surface area contributed by atoms with Gasteiger partial charge in [0.15, 0.2) is 0 Å². The molecule has 0 fully saturated rings. The van der Waals surface area contributed by atoms with Crippen LogP contribution >= 0.6 is 0 Å². The normalized spacial score (nSPS) is 13.2. The topological polar surface area (TPSA) is 0 Å². The minimum absolute atomic E-state index is 0.192. The Kier molecular flexibility index (Phi) is 11.9. The highest BCUT2D eigenvalue weighted by molar-refractivity contribution is 6.01. The number of hydrogen-bond donors (Lipinski definition) is 0. The van der Waals surface area contributed by atoms with E-state index in [9.17, 15) is 0 Å². The fraction of sp³-hybridized carbons (Fsp3) is 0.0488. The Balaban J connectivity index is 1.07. The standard InChI is InChI=1S/C82H58/c1-81(2)75-41-17-15-39-73(75)79-77(81)43-44-78-80(79)74-40-16-18-42-76(74)82(78,71-51-67(63-35-19-31-59(45-63)55-23-7-3-8-24-55)49-68(52-71)64-36-20-32-60(46-64)56-25-9-4-10-26-56)72-53-69(65-37-21-33-61(47-65)57-27-11-5-12-28-57)50-70(54-72)66-38-22-34-62(48-66)58-29-13-6-14-30-58/h3-54H,1-2H3. The second-order valence-corrected chi connectivity index (χ2v) is 22.8. The molecule has 82 heavy (non-hydrogen) atoms. The lowest BCUT2D eigenvalue weighted by Crippen LogP contribution is -2.29. The fourth-order valence-electron chi connectivity index (χ4n) is 13.7. The first kappa shape index (κ1) is 48.9. The van der Waals surface area contributed by atoms with Gasteiger partial charge < -0.3 is 0 Å². The zero-order valence-electron chi connectivity index (χ0n) is 46.0. The van der Waals surface area contributed by atoms with Crippen molar-refractivity contribution in [3.63, 3.8) is 0 Å². The third-order valence-electron chi connectivity index (χ3n) is 17.7. The average molecular weight is 1040 g/mol. The van der Waals surface area contributed by atoms with Crippen LogP contribution in [0, 0.1) is 0 Å². The van der Waals surface area contributed by atoms with Crippen molar-refractivity contribution < 1.29 is 0 Å². The van der Waals surface area contributed by atoms with Crippen molar-refractivity contribution in [2.75, 3.05) is 0 Å². The maximum atomic E-state index is 2.53. The molecule has 0 radical (unpaired) electrons. The first-order valence-corrected chi connectivity index (χ1v) is 28.7. The minimum Gasteiger partial charge on any atom is -0.0622 e. The summed E-state index contributed by atoms with van der Waals surface area (Å²) in [5.41, 5.74) is 30.8. The molecule has 0 bridgehead atoms. The smallest absolute Gasteiger partial charge is 0.0622 e. The largest absolute Gasteiger partial charge is 0.0714 e. The molecule has 0 spiro atoms. The van der Waals surface area contributed by atoms with E-state index < -0.39 is 5.41 Å². The van der Waals surface area contributed by atoms with Gasteiger partial charge in [0.2, 0.25) is 0 Å². The Labute approximate surface area is 482 Å². The van der Waals surface area contributed by atoms with Crippen LogP contribution in [0.25, 0.3) is 111 Å². The van der Waals surface area contributed by atoms with Crippen molar-refractivity contribution in [1.82, 2.24) is 0 Å². The highest BCUT2D eigenvalue weighted by Gasteiger charge is 2.50. The quantitative estimate of drug-likeness (QED) is 0.128. The number of fused-ring (bicyclic) bond motifs is 7. The number of hydrogen-bond acceptors (Lipinski definition) is 0. The summed E-state index contributed by atoms with van der Waals surface area (Å²) in [7, 11) is 0. The van der Waals surface area contributed by atoms with Gasteiger partial charge in [-0.2, -0.15) is 0 Å². The average Bonchev–Trinajstić information content (AvgIpc) is 1.93. The molecular weight excluding hydrogens is 985 g/mol. The molecule has 0 heteroatoms. The second kappa shape index (κ2) is 19.9. The van der Waals surface area contributed by atoms with Crippen LogP contribution in [-0.2, 0) is 10.8 Å². The lowest BCUT2D eigenvalue weighted by atomic mass is 9.65.